The third-order valence-electron chi connectivity index (χ3n) is 3.35. The zero-order chi connectivity index (χ0) is 17.9. The number of halogens is 1. The first kappa shape index (κ1) is 17.6. The molecule has 0 atom stereocenters. The molecule has 0 saturated carbocycles. The Morgan fingerprint density at radius 3 is 2.29 bits per heavy atom. The number of benzene rings is 1. The van der Waals surface area contributed by atoms with E-state index in [1.807, 2.05) is 0 Å². The molecule has 126 valence electrons. The lowest BCUT2D eigenvalue weighted by Gasteiger charge is -2.07. The third kappa shape index (κ3) is 3.77. The van der Waals surface area contributed by atoms with E-state index in [1.54, 1.807) is 13.8 Å². The van der Waals surface area contributed by atoms with Gasteiger partial charge in [-0.05, 0) is 43.7 Å². The second-order valence-corrected chi connectivity index (χ2v) is 6.12. The minimum absolute atomic E-state index is 0.193. The van der Waals surface area contributed by atoms with Crippen LogP contribution in [0.3, 0.4) is 0 Å². The van der Waals surface area contributed by atoms with Crippen LogP contribution in [0.4, 0.5) is 14.2 Å². The van der Waals surface area contributed by atoms with Crippen molar-refractivity contribution in [2.45, 2.75) is 13.8 Å². The Hall–Kier alpha value is -2.74. The van der Waals surface area contributed by atoms with Crippen molar-refractivity contribution in [1.29, 1.82) is 0 Å². The molecule has 2 aromatic rings. The number of thiophene rings is 1. The van der Waals surface area contributed by atoms with E-state index >= 15 is 0 Å². The summed E-state index contributed by atoms with van der Waals surface area (Å²) in [6.45, 7) is 3.51. The Balaban J connectivity index is 2.28. The lowest BCUT2D eigenvalue weighted by atomic mass is 10.1. The van der Waals surface area contributed by atoms with E-state index in [0.717, 1.165) is 12.0 Å². The summed E-state index contributed by atoms with van der Waals surface area (Å²) in [4.78, 5) is 36.5. The number of ether oxygens (including phenoxy) is 1. The van der Waals surface area contributed by atoms with Gasteiger partial charge >= 0.3 is 6.09 Å². The predicted molar refractivity (Wildman–Crippen MR) is 88.0 cm³/mol. The molecule has 3 amide bonds. The van der Waals surface area contributed by atoms with Crippen molar-refractivity contribution < 1.29 is 23.5 Å². The van der Waals surface area contributed by atoms with Crippen LogP contribution in [0.25, 0.3) is 0 Å². The van der Waals surface area contributed by atoms with Crippen molar-refractivity contribution in [2.24, 2.45) is 0 Å². The van der Waals surface area contributed by atoms with Crippen LogP contribution >= 0.6 is 11.3 Å². The van der Waals surface area contributed by atoms with Crippen LogP contribution in [-0.4, -0.2) is 25.0 Å². The summed E-state index contributed by atoms with van der Waals surface area (Å²) in [6, 6.07) is 5.02. The molecule has 2 N–H and O–H groups in total. The molecule has 0 unspecified atom stereocenters. The van der Waals surface area contributed by atoms with Gasteiger partial charge in [0.15, 0.2) is 0 Å². The maximum atomic E-state index is 12.9. The first-order valence-electron chi connectivity index (χ1n) is 6.89. The molecular weight excluding hydrogens is 335 g/mol. The molecule has 1 heterocycles. The van der Waals surface area contributed by atoms with E-state index in [4.69, 9.17) is 0 Å². The molecule has 0 bridgehead atoms. The summed E-state index contributed by atoms with van der Waals surface area (Å²) in [5.41, 5.74) is 1.09. The molecule has 0 aliphatic heterocycles. The van der Waals surface area contributed by atoms with Crippen LogP contribution in [0, 0.1) is 19.7 Å². The fourth-order valence-electron chi connectivity index (χ4n) is 1.97. The minimum atomic E-state index is -0.890. The lowest BCUT2D eigenvalue weighted by Crippen LogP contribution is -2.31. The molecule has 2 rings (SSSR count). The number of carbonyl (C=O) groups is 3. The highest BCUT2D eigenvalue weighted by atomic mass is 32.1. The lowest BCUT2D eigenvalue weighted by molar-refractivity contribution is 0.0937. The summed E-state index contributed by atoms with van der Waals surface area (Å²) in [6.07, 6.45) is -0.890. The monoisotopic (exact) mass is 350 g/mol. The maximum absolute atomic E-state index is 12.9. The van der Waals surface area contributed by atoms with Gasteiger partial charge in [-0.1, -0.05) is 0 Å². The number of imide groups is 1. The summed E-state index contributed by atoms with van der Waals surface area (Å²) in [5, 5.41) is 5.00. The molecule has 0 aliphatic carbocycles. The average Bonchev–Trinajstić information content (AvgIpc) is 2.82. The minimum Gasteiger partial charge on any atom is -0.453 e. The fraction of sp³-hybridized carbons (Fsp3) is 0.188. The highest BCUT2D eigenvalue weighted by Gasteiger charge is 2.23. The molecule has 0 fully saturated rings. The van der Waals surface area contributed by atoms with Gasteiger partial charge in [-0.2, -0.15) is 0 Å². The first-order chi connectivity index (χ1) is 11.3. The summed E-state index contributed by atoms with van der Waals surface area (Å²) < 4.78 is 17.3. The van der Waals surface area contributed by atoms with Gasteiger partial charge in [-0.15, -0.1) is 11.3 Å². The number of anilines is 1. The molecule has 0 aliphatic rings. The highest BCUT2D eigenvalue weighted by molar-refractivity contribution is 7.16. The first-order valence-corrected chi connectivity index (χ1v) is 7.71. The van der Waals surface area contributed by atoms with E-state index in [9.17, 15) is 18.8 Å². The second-order valence-electron chi connectivity index (χ2n) is 4.89. The smallest absolute Gasteiger partial charge is 0.413 e. The van der Waals surface area contributed by atoms with Crippen LogP contribution in [0.15, 0.2) is 24.3 Å². The van der Waals surface area contributed by atoms with Crippen LogP contribution in [0.1, 0.15) is 31.2 Å². The van der Waals surface area contributed by atoms with Crippen molar-refractivity contribution >= 4 is 34.2 Å². The molecule has 1 aromatic carbocycles. The predicted octanol–water partition coefficient (Wildman–Crippen LogP) is 3.25. The van der Waals surface area contributed by atoms with E-state index in [2.05, 4.69) is 15.4 Å². The Morgan fingerprint density at radius 2 is 1.71 bits per heavy atom. The molecule has 0 radical (unpaired) electrons. The summed E-state index contributed by atoms with van der Waals surface area (Å²) in [7, 11) is 1.14. The SMILES string of the molecule is COC(=O)NC(=O)c1c(NC(=O)c2ccc(F)cc2)sc(C)c1C. The van der Waals surface area contributed by atoms with Crippen LogP contribution in [-0.2, 0) is 4.74 Å². The number of nitrogens with one attached hydrogen (secondary N) is 2. The molecule has 0 spiro atoms. The molecule has 8 heteroatoms. The average molecular weight is 350 g/mol. The zero-order valence-electron chi connectivity index (χ0n) is 13.2. The Morgan fingerprint density at radius 1 is 1.08 bits per heavy atom. The molecular formula is C16H15FN2O4S. The van der Waals surface area contributed by atoms with E-state index in [1.165, 1.54) is 35.6 Å². The largest absolute Gasteiger partial charge is 0.453 e. The number of methoxy groups -OCH3 is 1. The standard InChI is InChI=1S/C16H15FN2O4S/c1-8-9(2)24-15(12(8)14(21)19-16(22)23-3)18-13(20)10-4-6-11(17)7-5-10/h4-7H,1-3H3,(H,18,20)(H,19,21,22). The van der Waals surface area contributed by atoms with Crippen molar-refractivity contribution in [3.63, 3.8) is 0 Å². The van der Waals surface area contributed by atoms with Gasteiger partial charge in [0.25, 0.3) is 11.8 Å². The van der Waals surface area contributed by atoms with Gasteiger partial charge in [0.2, 0.25) is 0 Å². The molecule has 1 aromatic heterocycles. The van der Waals surface area contributed by atoms with Crippen LogP contribution < -0.4 is 10.6 Å². The van der Waals surface area contributed by atoms with Gasteiger partial charge in [0.1, 0.15) is 10.8 Å². The molecule has 24 heavy (non-hydrogen) atoms. The van der Waals surface area contributed by atoms with E-state index in [-0.39, 0.29) is 11.1 Å². The number of rotatable bonds is 3. The van der Waals surface area contributed by atoms with E-state index < -0.39 is 23.7 Å². The fourth-order valence-corrected chi connectivity index (χ4v) is 3.02. The highest BCUT2D eigenvalue weighted by Crippen LogP contribution is 2.32. The van der Waals surface area contributed by atoms with Crippen molar-refractivity contribution in [2.75, 3.05) is 12.4 Å². The van der Waals surface area contributed by atoms with Crippen molar-refractivity contribution in [1.82, 2.24) is 5.32 Å². The van der Waals surface area contributed by atoms with Gasteiger partial charge < -0.3 is 10.1 Å². The number of alkyl carbamates (subject to hydrolysis) is 1. The Bertz CT molecular complexity index is 799. The zero-order valence-corrected chi connectivity index (χ0v) is 14.0. The maximum Gasteiger partial charge on any atom is 0.413 e. The number of carbonyl (C=O) groups excluding carboxylic acids is 3. The number of hydrogen-bond donors (Lipinski definition) is 2. The van der Waals surface area contributed by atoms with Gasteiger partial charge in [-0.25, -0.2) is 9.18 Å². The number of hydrogen-bond acceptors (Lipinski definition) is 5. The Kier molecular flexibility index (Phi) is 5.30. The number of amides is 3. The topological polar surface area (TPSA) is 84.5 Å². The summed E-state index contributed by atoms with van der Waals surface area (Å²) >= 11 is 1.21. The second kappa shape index (κ2) is 7.22. The third-order valence-corrected chi connectivity index (χ3v) is 4.47. The van der Waals surface area contributed by atoms with E-state index in [0.29, 0.717) is 10.6 Å². The van der Waals surface area contributed by atoms with Gasteiger partial charge in [0, 0.05) is 10.4 Å². The summed E-state index contributed by atoms with van der Waals surface area (Å²) in [5.74, 6) is -1.60. The number of aryl methyl sites for hydroxylation is 1. The molecule has 6 nitrogen and oxygen atoms in total. The van der Waals surface area contributed by atoms with Gasteiger partial charge in [0.05, 0.1) is 12.7 Å². The Labute approximate surface area is 141 Å². The van der Waals surface area contributed by atoms with Crippen LogP contribution in [0.2, 0.25) is 0 Å². The molecule has 0 saturated heterocycles. The van der Waals surface area contributed by atoms with Crippen molar-refractivity contribution in [3.05, 3.63) is 51.7 Å². The normalized spacial score (nSPS) is 10.2. The van der Waals surface area contributed by atoms with Gasteiger partial charge in [-0.3, -0.25) is 14.9 Å². The van der Waals surface area contributed by atoms with Crippen molar-refractivity contribution in [3.8, 4) is 0 Å². The van der Waals surface area contributed by atoms with Crippen LogP contribution in [0.5, 0.6) is 0 Å². The quantitative estimate of drug-likeness (QED) is 0.890.